The lowest BCUT2D eigenvalue weighted by atomic mass is 10.1. The lowest BCUT2D eigenvalue weighted by Crippen LogP contribution is -2.20. The first-order chi connectivity index (χ1) is 7.79. The fraction of sp³-hybridized carbons (Fsp3) is 0.200. The molecule has 17 heavy (non-hydrogen) atoms. The van der Waals surface area contributed by atoms with Crippen LogP contribution in [0.5, 0.6) is 0 Å². The van der Waals surface area contributed by atoms with E-state index < -0.39 is 16.0 Å². The summed E-state index contributed by atoms with van der Waals surface area (Å²) in [7, 11) is -3.99. The summed E-state index contributed by atoms with van der Waals surface area (Å²) in [5.74, 6) is -1.21. The molecule has 1 aromatic carbocycles. The van der Waals surface area contributed by atoms with Crippen LogP contribution in [0.15, 0.2) is 17.0 Å². The Kier molecular flexibility index (Phi) is 3.39. The molecule has 1 aromatic rings. The van der Waals surface area contributed by atoms with Crippen molar-refractivity contribution in [3.63, 3.8) is 0 Å². The molecule has 0 atom stereocenters. The van der Waals surface area contributed by atoms with Crippen molar-refractivity contribution in [2.75, 3.05) is 0 Å². The van der Waals surface area contributed by atoms with Gasteiger partial charge in [-0.25, -0.2) is 17.9 Å². The predicted molar refractivity (Wildman–Crippen MR) is 58.8 cm³/mol. The Morgan fingerprint density at radius 3 is 2.41 bits per heavy atom. The van der Waals surface area contributed by atoms with Crippen molar-refractivity contribution in [2.24, 2.45) is 0 Å². The maximum absolute atomic E-state index is 11.6. The number of rotatable bonds is 3. The smallest absolute Gasteiger partial charge is 0.335 e. The Labute approximate surface area is 98.6 Å². The number of hydrogen-bond acceptors (Lipinski definition) is 4. The third-order valence-electron chi connectivity index (χ3n) is 2.22. The van der Waals surface area contributed by atoms with Crippen LogP contribution in [0.2, 0.25) is 0 Å². The Balaban J connectivity index is 3.52. The molecular formula is C10H10N2O4S. The Bertz CT molecular complexity index is 614. The normalized spacial score (nSPS) is 10.6. The number of sulfonamides is 1. The third kappa shape index (κ3) is 2.54. The fourth-order valence-electron chi connectivity index (χ4n) is 1.47. The van der Waals surface area contributed by atoms with Gasteiger partial charge in [-0.05, 0) is 31.0 Å². The van der Waals surface area contributed by atoms with Gasteiger partial charge in [0.25, 0.3) is 10.0 Å². The van der Waals surface area contributed by atoms with Crippen molar-refractivity contribution in [1.29, 1.82) is 5.26 Å². The first kappa shape index (κ1) is 13.0. The predicted octanol–water partition coefficient (Wildman–Crippen LogP) is 0.761. The molecule has 0 spiro atoms. The zero-order valence-electron chi connectivity index (χ0n) is 9.18. The molecule has 0 fully saturated rings. The Morgan fingerprint density at radius 1 is 1.35 bits per heavy atom. The number of carbonyl (C=O) groups is 1. The minimum atomic E-state index is -3.99. The van der Waals surface area contributed by atoms with E-state index in [1.807, 2.05) is 0 Å². The molecule has 0 aliphatic heterocycles. The van der Waals surface area contributed by atoms with E-state index in [1.165, 1.54) is 19.2 Å². The van der Waals surface area contributed by atoms with E-state index in [-0.39, 0.29) is 10.5 Å². The number of nitrogens with zero attached hydrogens (tertiary/aromatic N) is 1. The molecule has 0 heterocycles. The molecule has 0 radical (unpaired) electrons. The average Bonchev–Trinajstić information content (AvgIpc) is 2.15. The molecule has 0 unspecified atom stereocenters. The quantitative estimate of drug-likeness (QED) is 0.611. The molecule has 1 rings (SSSR count). The highest BCUT2D eigenvalue weighted by atomic mass is 32.2. The Hall–Kier alpha value is -2.07. The molecule has 0 aliphatic rings. The highest BCUT2D eigenvalue weighted by Crippen LogP contribution is 2.20. The first-order valence-corrected chi connectivity index (χ1v) is 6.03. The second-order valence-electron chi connectivity index (χ2n) is 3.46. The minimum Gasteiger partial charge on any atom is -0.478 e. The number of carboxylic acid groups (broad SMARTS) is 1. The van der Waals surface area contributed by atoms with Crippen LogP contribution in [0.1, 0.15) is 21.5 Å². The molecule has 2 N–H and O–H groups in total. The van der Waals surface area contributed by atoms with Gasteiger partial charge in [-0.1, -0.05) is 6.07 Å². The molecule has 0 amide bonds. The van der Waals surface area contributed by atoms with Gasteiger partial charge in [0.1, 0.15) is 0 Å². The van der Waals surface area contributed by atoms with Crippen LogP contribution in [-0.4, -0.2) is 19.5 Å². The van der Waals surface area contributed by atoms with Crippen LogP contribution < -0.4 is 4.72 Å². The average molecular weight is 254 g/mol. The first-order valence-electron chi connectivity index (χ1n) is 4.55. The summed E-state index contributed by atoms with van der Waals surface area (Å²) in [6.45, 7) is 3.11. The van der Waals surface area contributed by atoms with Gasteiger partial charge >= 0.3 is 5.97 Å². The van der Waals surface area contributed by atoms with E-state index in [0.29, 0.717) is 11.1 Å². The number of carboxylic acids is 1. The van der Waals surface area contributed by atoms with Crippen LogP contribution >= 0.6 is 0 Å². The van der Waals surface area contributed by atoms with Crippen LogP contribution in [0.3, 0.4) is 0 Å². The van der Waals surface area contributed by atoms with E-state index >= 15 is 0 Å². The van der Waals surface area contributed by atoms with Crippen LogP contribution in [0, 0.1) is 25.3 Å². The van der Waals surface area contributed by atoms with Crippen LogP contribution in [0.4, 0.5) is 0 Å². The number of nitriles is 1. The molecule has 0 bridgehead atoms. The summed E-state index contributed by atoms with van der Waals surface area (Å²) in [5, 5.41) is 17.2. The second-order valence-corrected chi connectivity index (χ2v) is 5.11. The molecule has 0 saturated carbocycles. The molecule has 0 aromatic heterocycles. The van der Waals surface area contributed by atoms with E-state index in [9.17, 15) is 13.2 Å². The molecule has 7 heteroatoms. The van der Waals surface area contributed by atoms with Gasteiger partial charge in [-0.3, -0.25) is 0 Å². The van der Waals surface area contributed by atoms with Crippen LogP contribution in [0.25, 0.3) is 0 Å². The number of nitrogens with one attached hydrogen (secondary N) is 1. The number of benzene rings is 1. The van der Waals surface area contributed by atoms with Crippen LogP contribution in [-0.2, 0) is 10.0 Å². The molecule has 6 nitrogen and oxygen atoms in total. The Morgan fingerprint density at radius 2 is 1.94 bits per heavy atom. The summed E-state index contributed by atoms with van der Waals surface area (Å²) < 4.78 is 24.9. The second kappa shape index (κ2) is 4.43. The maximum Gasteiger partial charge on any atom is 0.335 e. The number of aryl methyl sites for hydroxylation is 2. The zero-order valence-corrected chi connectivity index (χ0v) is 10.00. The molecular weight excluding hydrogens is 244 g/mol. The van der Waals surface area contributed by atoms with Gasteiger partial charge in [0.05, 0.1) is 10.5 Å². The van der Waals surface area contributed by atoms with E-state index in [0.717, 1.165) is 6.07 Å². The summed E-state index contributed by atoms with van der Waals surface area (Å²) in [6, 6.07) is 2.50. The minimum absolute atomic E-state index is 0.103. The van der Waals surface area contributed by atoms with Gasteiger partial charge in [-0.15, -0.1) is 0 Å². The topological polar surface area (TPSA) is 107 Å². The van der Waals surface area contributed by atoms with Crippen molar-refractivity contribution < 1.29 is 18.3 Å². The van der Waals surface area contributed by atoms with Crippen molar-refractivity contribution >= 4 is 16.0 Å². The molecule has 0 saturated heterocycles. The van der Waals surface area contributed by atoms with Gasteiger partial charge in [0.15, 0.2) is 6.19 Å². The fourth-order valence-corrected chi connectivity index (χ4v) is 2.45. The SMILES string of the molecule is Cc1cc(C)c(S(=O)(=O)NC#N)cc1C(=O)O. The summed E-state index contributed by atoms with van der Waals surface area (Å²) in [4.78, 5) is 10.7. The molecule has 90 valence electrons. The monoisotopic (exact) mass is 254 g/mol. The highest BCUT2D eigenvalue weighted by molar-refractivity contribution is 7.89. The van der Waals surface area contributed by atoms with Gasteiger partial charge in [-0.2, -0.15) is 5.26 Å². The highest BCUT2D eigenvalue weighted by Gasteiger charge is 2.20. The van der Waals surface area contributed by atoms with Gasteiger partial charge < -0.3 is 5.11 Å². The number of aromatic carboxylic acids is 1. The summed E-state index contributed by atoms with van der Waals surface area (Å²) in [6.07, 6.45) is 1.31. The lowest BCUT2D eigenvalue weighted by molar-refractivity contribution is 0.0696. The van der Waals surface area contributed by atoms with Gasteiger partial charge in [0, 0.05) is 0 Å². The standard InChI is InChI=1S/C10H10N2O4S/c1-6-3-7(2)9(4-8(6)10(13)14)17(15,16)12-5-11/h3-4,12H,1-2H3,(H,13,14). The lowest BCUT2D eigenvalue weighted by Gasteiger charge is -2.09. The van der Waals surface area contributed by atoms with Crippen molar-refractivity contribution in [3.05, 3.63) is 28.8 Å². The van der Waals surface area contributed by atoms with E-state index in [4.69, 9.17) is 10.4 Å². The van der Waals surface area contributed by atoms with Crippen molar-refractivity contribution in [1.82, 2.24) is 4.72 Å². The zero-order chi connectivity index (χ0) is 13.2. The molecule has 0 aliphatic carbocycles. The van der Waals surface area contributed by atoms with E-state index in [1.54, 1.807) is 11.6 Å². The summed E-state index contributed by atoms with van der Waals surface area (Å²) in [5.41, 5.74) is 0.745. The number of hydrogen-bond donors (Lipinski definition) is 2. The van der Waals surface area contributed by atoms with Crippen molar-refractivity contribution in [3.8, 4) is 6.19 Å². The third-order valence-corrected chi connectivity index (χ3v) is 3.60. The van der Waals surface area contributed by atoms with E-state index in [2.05, 4.69) is 0 Å². The largest absolute Gasteiger partial charge is 0.478 e. The van der Waals surface area contributed by atoms with Crippen molar-refractivity contribution in [2.45, 2.75) is 18.7 Å². The summed E-state index contributed by atoms with van der Waals surface area (Å²) >= 11 is 0. The van der Waals surface area contributed by atoms with Gasteiger partial charge in [0.2, 0.25) is 0 Å². The maximum atomic E-state index is 11.6.